The lowest BCUT2D eigenvalue weighted by Crippen LogP contribution is -2.64. The number of fused-ring (bicyclic) bond motifs is 2. The van der Waals surface area contributed by atoms with Crippen LogP contribution in [-0.2, 0) is 9.92 Å². The normalized spacial score (nSPS) is 22.7. The number of nitrogens with zero attached hydrogens (tertiary/aromatic N) is 2. The van der Waals surface area contributed by atoms with Crippen LogP contribution in [0.3, 0.4) is 0 Å². The third-order valence-electron chi connectivity index (χ3n) is 6.27. The van der Waals surface area contributed by atoms with E-state index in [0.29, 0.717) is 24.6 Å². The minimum absolute atomic E-state index is 0.168. The molecule has 4 atom stereocenters. The number of benzene rings is 3. The van der Waals surface area contributed by atoms with Gasteiger partial charge in [-0.2, -0.15) is 0 Å². The quantitative estimate of drug-likeness (QED) is 0.455. The molecule has 5 rings (SSSR count). The van der Waals surface area contributed by atoms with E-state index < -0.39 is 40.2 Å². The van der Waals surface area contributed by atoms with E-state index in [2.05, 4.69) is 19.1 Å². The van der Waals surface area contributed by atoms with Crippen LogP contribution in [0.1, 0.15) is 0 Å². The molecule has 0 saturated carbocycles. The summed E-state index contributed by atoms with van der Waals surface area (Å²) in [7, 11) is -1.93. The highest BCUT2D eigenvalue weighted by atomic mass is 32.2. The molecule has 196 valence electrons. The number of piperidine rings is 1. The van der Waals surface area contributed by atoms with Crippen molar-refractivity contribution >= 4 is 21.3 Å². The average Bonchev–Trinajstić information content (AvgIpc) is 2.88. The van der Waals surface area contributed by atoms with E-state index in [1.54, 1.807) is 0 Å². The Bertz CT molecular complexity index is 1350. The van der Waals surface area contributed by atoms with Crippen molar-refractivity contribution in [2.45, 2.75) is 29.4 Å². The fraction of sp³-hybridized carbons (Fsp3) is 0.280. The van der Waals surface area contributed by atoms with E-state index in [-0.39, 0.29) is 4.90 Å². The fourth-order valence-corrected chi connectivity index (χ4v) is 6.19. The minimum atomic E-state index is -4.83. The SMILES string of the molecule is CN=S(=O)(NC1CNCC(N2c3ccccc3Oc3ccccc32)C1O)c1ccc(OC(F)(F)F)cc1. The van der Waals surface area contributed by atoms with Gasteiger partial charge in [0.2, 0.25) is 0 Å². The first-order valence-electron chi connectivity index (χ1n) is 11.5. The van der Waals surface area contributed by atoms with Crippen molar-refractivity contribution in [3.63, 3.8) is 0 Å². The number of hydrogen-bond donors (Lipinski definition) is 3. The number of nitrogens with one attached hydrogen (secondary N) is 2. The maximum atomic E-state index is 13.7. The topological polar surface area (TPSA) is 95.4 Å². The maximum Gasteiger partial charge on any atom is 0.573 e. The third-order valence-corrected chi connectivity index (χ3v) is 8.32. The second-order valence-electron chi connectivity index (χ2n) is 8.58. The molecule has 1 fully saturated rings. The van der Waals surface area contributed by atoms with Gasteiger partial charge in [0.1, 0.15) is 15.7 Å². The number of rotatable bonds is 5. The van der Waals surface area contributed by atoms with Crippen molar-refractivity contribution in [1.82, 2.24) is 10.0 Å². The summed E-state index contributed by atoms with van der Waals surface area (Å²) in [6.07, 6.45) is -5.82. The lowest BCUT2D eigenvalue weighted by molar-refractivity contribution is -0.274. The Morgan fingerprint density at radius 1 is 1.03 bits per heavy atom. The number of para-hydroxylation sites is 4. The van der Waals surface area contributed by atoms with Crippen molar-refractivity contribution in [1.29, 1.82) is 0 Å². The zero-order valence-corrected chi connectivity index (χ0v) is 20.5. The molecule has 8 nitrogen and oxygen atoms in total. The summed E-state index contributed by atoms with van der Waals surface area (Å²) in [5.41, 5.74) is 1.57. The van der Waals surface area contributed by atoms with Crippen LogP contribution in [0.15, 0.2) is 82.1 Å². The predicted octanol–water partition coefficient (Wildman–Crippen LogP) is 4.19. The Morgan fingerprint density at radius 3 is 2.19 bits per heavy atom. The minimum Gasteiger partial charge on any atom is -0.453 e. The zero-order chi connectivity index (χ0) is 26.2. The van der Waals surface area contributed by atoms with Crippen molar-refractivity contribution in [2.75, 3.05) is 25.0 Å². The van der Waals surface area contributed by atoms with Crippen LogP contribution < -0.4 is 24.4 Å². The Balaban J connectivity index is 1.42. The molecule has 0 radical (unpaired) electrons. The van der Waals surface area contributed by atoms with E-state index in [1.807, 2.05) is 53.4 Å². The number of alkyl halides is 3. The summed E-state index contributed by atoms with van der Waals surface area (Å²) in [6, 6.07) is 18.6. The predicted molar refractivity (Wildman–Crippen MR) is 133 cm³/mol. The molecule has 4 unspecified atom stereocenters. The second kappa shape index (κ2) is 9.86. The van der Waals surface area contributed by atoms with Crippen LogP contribution in [0.5, 0.6) is 17.2 Å². The highest BCUT2D eigenvalue weighted by Gasteiger charge is 2.41. The Labute approximate surface area is 212 Å². The summed E-state index contributed by atoms with van der Waals surface area (Å²) in [4.78, 5) is 2.18. The molecule has 0 aliphatic carbocycles. The summed E-state index contributed by atoms with van der Waals surface area (Å²) in [6.45, 7) is 0.739. The van der Waals surface area contributed by atoms with E-state index in [1.165, 1.54) is 19.2 Å². The van der Waals surface area contributed by atoms with Crippen LogP contribution in [0.2, 0.25) is 0 Å². The molecule has 3 N–H and O–H groups in total. The first kappa shape index (κ1) is 25.3. The van der Waals surface area contributed by atoms with E-state index in [9.17, 15) is 22.5 Å². The molecule has 0 spiro atoms. The average molecular weight is 535 g/mol. The highest BCUT2D eigenvalue weighted by Crippen LogP contribution is 2.48. The molecule has 0 aromatic heterocycles. The van der Waals surface area contributed by atoms with Gasteiger partial charge in [-0.25, -0.2) is 13.3 Å². The molecule has 37 heavy (non-hydrogen) atoms. The molecule has 2 heterocycles. The highest BCUT2D eigenvalue weighted by molar-refractivity contribution is 7.91. The van der Waals surface area contributed by atoms with E-state index in [4.69, 9.17) is 4.74 Å². The Kier molecular flexibility index (Phi) is 6.75. The molecular weight excluding hydrogens is 509 g/mol. The van der Waals surface area contributed by atoms with E-state index >= 15 is 0 Å². The summed E-state index contributed by atoms with van der Waals surface area (Å²) in [5, 5.41) is 14.8. The number of ether oxygens (including phenoxy) is 2. The van der Waals surface area contributed by atoms with Gasteiger partial charge in [-0.1, -0.05) is 24.3 Å². The van der Waals surface area contributed by atoms with Gasteiger partial charge < -0.3 is 24.8 Å². The Morgan fingerprint density at radius 2 is 1.62 bits per heavy atom. The van der Waals surface area contributed by atoms with Crippen LogP contribution in [0.4, 0.5) is 24.5 Å². The zero-order valence-electron chi connectivity index (χ0n) is 19.7. The molecule has 1 saturated heterocycles. The molecule has 0 amide bonds. The number of halogens is 3. The second-order valence-corrected chi connectivity index (χ2v) is 10.7. The van der Waals surface area contributed by atoms with Crippen molar-refractivity contribution < 1.29 is 32.0 Å². The van der Waals surface area contributed by atoms with Gasteiger partial charge in [-0.05, 0) is 48.5 Å². The Hall–Kier alpha value is -3.32. The molecule has 0 bridgehead atoms. The largest absolute Gasteiger partial charge is 0.573 e. The monoisotopic (exact) mass is 534 g/mol. The van der Waals surface area contributed by atoms with Crippen LogP contribution >= 0.6 is 0 Å². The number of anilines is 2. The van der Waals surface area contributed by atoms with Crippen LogP contribution in [-0.4, -0.2) is 54.0 Å². The summed E-state index contributed by atoms with van der Waals surface area (Å²) in [5.74, 6) is 0.868. The molecule has 12 heteroatoms. The molecule has 2 aliphatic rings. The smallest absolute Gasteiger partial charge is 0.453 e. The van der Waals surface area contributed by atoms with Crippen molar-refractivity contribution in [3.05, 3.63) is 72.8 Å². The van der Waals surface area contributed by atoms with Crippen molar-refractivity contribution in [3.8, 4) is 17.2 Å². The van der Waals surface area contributed by atoms with Gasteiger partial charge in [0.15, 0.2) is 11.5 Å². The molecular formula is C25H25F3N4O4S. The van der Waals surface area contributed by atoms with Gasteiger partial charge in [-0.3, -0.25) is 0 Å². The lowest BCUT2D eigenvalue weighted by atomic mass is 9.96. The van der Waals surface area contributed by atoms with Crippen LogP contribution in [0.25, 0.3) is 0 Å². The van der Waals surface area contributed by atoms with Gasteiger partial charge in [0, 0.05) is 20.1 Å². The molecule has 3 aromatic rings. The van der Waals surface area contributed by atoms with E-state index in [0.717, 1.165) is 23.5 Å². The maximum absolute atomic E-state index is 13.7. The van der Waals surface area contributed by atoms with Gasteiger partial charge >= 0.3 is 6.36 Å². The van der Waals surface area contributed by atoms with Gasteiger partial charge in [0.25, 0.3) is 0 Å². The standard InChI is InChI=1S/C25H25F3N4O4S/c1-29-37(34,17-12-10-16(11-13-17)36-25(26,27)28)31-18-14-30-15-21(24(18)33)32-19-6-2-4-8-22(19)35-23-9-5-3-7-20(23)32/h2-13,18,21,24,30,33H,14-15H2,1H3,(H,29,31,34). The first-order chi connectivity index (χ1) is 17.7. The van der Waals surface area contributed by atoms with Gasteiger partial charge in [-0.15, -0.1) is 13.2 Å². The molecule has 2 aliphatic heterocycles. The number of hydrogen-bond acceptors (Lipinski definition) is 7. The molecule has 3 aromatic carbocycles. The van der Waals surface area contributed by atoms with Gasteiger partial charge in [0.05, 0.1) is 34.5 Å². The third kappa shape index (κ3) is 5.10. The summed E-state index contributed by atoms with van der Waals surface area (Å²) < 4.78 is 68.2. The number of aliphatic hydroxyl groups is 1. The fourth-order valence-electron chi connectivity index (χ4n) is 4.60. The van der Waals surface area contributed by atoms with Crippen molar-refractivity contribution in [2.24, 2.45) is 4.36 Å². The summed E-state index contributed by atoms with van der Waals surface area (Å²) >= 11 is 0. The lowest BCUT2D eigenvalue weighted by Gasteiger charge is -2.45. The first-order valence-corrected chi connectivity index (χ1v) is 13.0. The van der Waals surface area contributed by atoms with Crippen LogP contribution in [0, 0.1) is 0 Å². The number of aliphatic hydroxyl groups excluding tert-OH is 1.